The van der Waals surface area contributed by atoms with Gasteiger partial charge in [-0.3, -0.25) is 4.90 Å². The molecule has 2 amide bonds. The Bertz CT molecular complexity index is 759. The van der Waals surface area contributed by atoms with E-state index in [1.54, 1.807) is 12.4 Å². The number of amides is 2. The summed E-state index contributed by atoms with van der Waals surface area (Å²) in [5, 5.41) is 6.21. The molecule has 2 aromatic rings. The van der Waals surface area contributed by atoms with Crippen molar-refractivity contribution in [3.8, 4) is 0 Å². The quantitative estimate of drug-likeness (QED) is 0.673. The molecule has 0 spiro atoms. The molecule has 4 rings (SSSR count). The molecule has 0 bridgehead atoms. The number of piperazine rings is 1. The molecule has 7 heteroatoms. The average Bonchev–Trinajstić information content (AvgIpc) is 3.62. The third-order valence-electron chi connectivity index (χ3n) is 5.68. The van der Waals surface area contributed by atoms with Crippen molar-refractivity contribution in [2.45, 2.75) is 25.3 Å². The number of nitrogens with one attached hydrogen (secondary N) is 2. The number of nitrogens with zero attached hydrogens (tertiary/aromatic N) is 4. The van der Waals surface area contributed by atoms with Crippen molar-refractivity contribution in [2.24, 2.45) is 5.92 Å². The average molecular weight is 395 g/mol. The number of rotatable bonds is 8. The number of carbonyl (C=O) groups excluding carboxylic acids is 1. The number of hydrogen-bond donors (Lipinski definition) is 2. The summed E-state index contributed by atoms with van der Waals surface area (Å²) in [6, 6.07) is 12.2. The number of hydrogen-bond acceptors (Lipinski definition) is 5. The minimum absolute atomic E-state index is 0.0585. The van der Waals surface area contributed by atoms with Gasteiger partial charge in [-0.2, -0.15) is 0 Å². The van der Waals surface area contributed by atoms with Gasteiger partial charge >= 0.3 is 6.03 Å². The van der Waals surface area contributed by atoms with E-state index in [1.165, 1.54) is 18.4 Å². The fraction of sp³-hybridized carbons (Fsp3) is 0.500. The molecule has 1 aliphatic carbocycles. The molecule has 1 aliphatic heterocycles. The van der Waals surface area contributed by atoms with Crippen LogP contribution in [-0.4, -0.2) is 60.2 Å². The molecule has 1 unspecified atom stereocenters. The Labute approximate surface area is 172 Å². The van der Waals surface area contributed by atoms with Gasteiger partial charge in [-0.05, 0) is 43.4 Å². The SMILES string of the molecule is O=C(NCCCN1CCN(c2ncccn2)CC1)NC(c1ccccc1)C1CC1. The van der Waals surface area contributed by atoms with Crippen molar-refractivity contribution < 1.29 is 4.79 Å². The molecule has 154 valence electrons. The molecule has 1 aromatic heterocycles. The van der Waals surface area contributed by atoms with Gasteiger partial charge in [0.05, 0.1) is 6.04 Å². The van der Waals surface area contributed by atoms with Crippen LogP contribution in [0.15, 0.2) is 48.8 Å². The zero-order chi connectivity index (χ0) is 19.9. The van der Waals surface area contributed by atoms with Gasteiger partial charge in [0.25, 0.3) is 0 Å². The maximum Gasteiger partial charge on any atom is 0.315 e. The lowest BCUT2D eigenvalue weighted by Gasteiger charge is -2.34. The van der Waals surface area contributed by atoms with Crippen LogP contribution < -0.4 is 15.5 Å². The maximum atomic E-state index is 12.4. The Morgan fingerprint density at radius 2 is 1.76 bits per heavy atom. The monoisotopic (exact) mass is 394 g/mol. The number of anilines is 1. The van der Waals surface area contributed by atoms with Gasteiger partial charge in [0, 0.05) is 45.1 Å². The Morgan fingerprint density at radius 3 is 2.45 bits per heavy atom. The molecule has 2 N–H and O–H groups in total. The molecule has 29 heavy (non-hydrogen) atoms. The van der Waals surface area contributed by atoms with E-state index in [0.29, 0.717) is 12.5 Å². The van der Waals surface area contributed by atoms with Crippen LogP contribution in [0.3, 0.4) is 0 Å². The van der Waals surface area contributed by atoms with Gasteiger partial charge in [0.1, 0.15) is 0 Å². The molecule has 7 nitrogen and oxygen atoms in total. The van der Waals surface area contributed by atoms with Crippen LogP contribution in [-0.2, 0) is 0 Å². The fourth-order valence-corrected chi connectivity index (χ4v) is 3.89. The predicted molar refractivity (Wildman–Crippen MR) is 114 cm³/mol. The molecular formula is C22H30N6O. The molecule has 1 aromatic carbocycles. The summed E-state index contributed by atoms with van der Waals surface area (Å²) in [5.74, 6) is 1.39. The van der Waals surface area contributed by atoms with E-state index < -0.39 is 0 Å². The van der Waals surface area contributed by atoms with Crippen LogP contribution in [0, 0.1) is 5.92 Å². The first kappa shape index (κ1) is 19.6. The summed E-state index contributed by atoms with van der Waals surface area (Å²) in [7, 11) is 0. The van der Waals surface area contributed by atoms with E-state index >= 15 is 0 Å². The molecule has 1 saturated heterocycles. The second-order valence-corrected chi connectivity index (χ2v) is 7.86. The summed E-state index contributed by atoms with van der Waals surface area (Å²) >= 11 is 0. The zero-order valence-electron chi connectivity index (χ0n) is 16.8. The van der Waals surface area contributed by atoms with Crippen molar-refractivity contribution in [1.82, 2.24) is 25.5 Å². The van der Waals surface area contributed by atoms with Crippen molar-refractivity contribution in [3.63, 3.8) is 0 Å². The Kier molecular flexibility index (Phi) is 6.56. The number of benzene rings is 1. The maximum absolute atomic E-state index is 12.4. The topological polar surface area (TPSA) is 73.4 Å². The van der Waals surface area contributed by atoms with E-state index in [9.17, 15) is 4.79 Å². The summed E-state index contributed by atoms with van der Waals surface area (Å²) in [6.07, 6.45) is 6.92. The van der Waals surface area contributed by atoms with Crippen LogP contribution in [0.1, 0.15) is 30.9 Å². The highest BCUT2D eigenvalue weighted by Gasteiger charge is 2.33. The van der Waals surface area contributed by atoms with E-state index in [-0.39, 0.29) is 12.1 Å². The lowest BCUT2D eigenvalue weighted by Crippen LogP contribution is -2.47. The minimum Gasteiger partial charge on any atom is -0.338 e. The second-order valence-electron chi connectivity index (χ2n) is 7.86. The van der Waals surface area contributed by atoms with Crippen LogP contribution >= 0.6 is 0 Å². The van der Waals surface area contributed by atoms with Crippen molar-refractivity contribution in [2.75, 3.05) is 44.2 Å². The molecule has 2 fully saturated rings. The normalized spacial score (nSPS) is 18.3. The number of urea groups is 1. The molecule has 2 heterocycles. The molecule has 2 aliphatic rings. The van der Waals surface area contributed by atoms with E-state index in [4.69, 9.17) is 0 Å². The lowest BCUT2D eigenvalue weighted by molar-refractivity contribution is 0.231. The Hall–Kier alpha value is -2.67. The summed E-state index contributed by atoms with van der Waals surface area (Å²) in [6.45, 7) is 5.58. The van der Waals surface area contributed by atoms with Gasteiger partial charge in [-0.1, -0.05) is 30.3 Å². The Morgan fingerprint density at radius 1 is 1.03 bits per heavy atom. The highest BCUT2D eigenvalue weighted by molar-refractivity contribution is 5.74. The fourth-order valence-electron chi connectivity index (χ4n) is 3.89. The van der Waals surface area contributed by atoms with Crippen molar-refractivity contribution in [3.05, 3.63) is 54.4 Å². The van der Waals surface area contributed by atoms with Crippen LogP contribution in [0.4, 0.5) is 10.7 Å². The largest absolute Gasteiger partial charge is 0.338 e. The molecular weight excluding hydrogens is 364 g/mol. The predicted octanol–water partition coefficient (Wildman–Crippen LogP) is 2.44. The van der Waals surface area contributed by atoms with Crippen LogP contribution in [0.25, 0.3) is 0 Å². The summed E-state index contributed by atoms with van der Waals surface area (Å²) < 4.78 is 0. The first-order valence-corrected chi connectivity index (χ1v) is 10.6. The van der Waals surface area contributed by atoms with Crippen LogP contribution in [0.2, 0.25) is 0 Å². The first-order valence-electron chi connectivity index (χ1n) is 10.6. The van der Waals surface area contributed by atoms with Crippen molar-refractivity contribution in [1.29, 1.82) is 0 Å². The summed E-state index contributed by atoms with van der Waals surface area (Å²) in [5.41, 5.74) is 1.20. The minimum atomic E-state index is -0.0585. The van der Waals surface area contributed by atoms with E-state index in [2.05, 4.69) is 42.5 Å². The highest BCUT2D eigenvalue weighted by atomic mass is 16.2. The third-order valence-corrected chi connectivity index (χ3v) is 5.68. The van der Waals surface area contributed by atoms with Gasteiger partial charge in [-0.25, -0.2) is 14.8 Å². The molecule has 1 saturated carbocycles. The lowest BCUT2D eigenvalue weighted by atomic mass is 10.0. The summed E-state index contributed by atoms with van der Waals surface area (Å²) in [4.78, 5) is 25.7. The number of carbonyl (C=O) groups is 1. The van der Waals surface area contributed by atoms with Gasteiger partial charge in [0.2, 0.25) is 5.95 Å². The van der Waals surface area contributed by atoms with E-state index in [0.717, 1.165) is 45.1 Å². The third kappa shape index (κ3) is 5.67. The van der Waals surface area contributed by atoms with Crippen molar-refractivity contribution >= 4 is 12.0 Å². The highest BCUT2D eigenvalue weighted by Crippen LogP contribution is 2.40. The second kappa shape index (κ2) is 9.69. The Balaban J connectivity index is 1.13. The molecule has 0 radical (unpaired) electrons. The molecule has 1 atom stereocenters. The van der Waals surface area contributed by atoms with E-state index in [1.807, 2.05) is 24.3 Å². The zero-order valence-corrected chi connectivity index (χ0v) is 16.8. The first-order chi connectivity index (χ1) is 14.3. The van der Waals surface area contributed by atoms with Gasteiger partial charge < -0.3 is 15.5 Å². The van der Waals surface area contributed by atoms with Gasteiger partial charge in [0.15, 0.2) is 0 Å². The van der Waals surface area contributed by atoms with Gasteiger partial charge in [-0.15, -0.1) is 0 Å². The smallest absolute Gasteiger partial charge is 0.315 e. The van der Waals surface area contributed by atoms with Crippen LogP contribution in [0.5, 0.6) is 0 Å². The standard InChI is InChI=1S/C22H30N6O/c29-22(26-20(19-8-9-19)18-6-2-1-3-7-18)25-12-5-13-27-14-16-28(17-15-27)21-23-10-4-11-24-21/h1-4,6-7,10-11,19-20H,5,8-9,12-17H2,(H2,25,26,29). The number of aromatic nitrogens is 2.